The first-order valence-electron chi connectivity index (χ1n) is 9.07. The highest BCUT2D eigenvalue weighted by Crippen LogP contribution is 2.37. The van der Waals surface area contributed by atoms with Gasteiger partial charge in [0.05, 0.1) is 28.8 Å². The third-order valence-electron chi connectivity index (χ3n) is 5.19. The van der Waals surface area contributed by atoms with E-state index >= 15 is 0 Å². The van der Waals surface area contributed by atoms with E-state index in [2.05, 4.69) is 25.1 Å². The van der Waals surface area contributed by atoms with Gasteiger partial charge in [-0.3, -0.25) is 4.79 Å². The van der Waals surface area contributed by atoms with Gasteiger partial charge in [-0.2, -0.15) is 23.4 Å². The van der Waals surface area contributed by atoms with Gasteiger partial charge in [0.1, 0.15) is 12.4 Å². The van der Waals surface area contributed by atoms with Crippen LogP contribution in [0.4, 0.5) is 13.2 Å². The molecule has 1 aliphatic heterocycles. The number of imidazole rings is 1. The molecule has 5 heterocycles. The second kappa shape index (κ2) is 6.40. The average Bonchev–Trinajstić information content (AvgIpc) is 3.43. The van der Waals surface area contributed by atoms with Crippen LogP contribution in [0.1, 0.15) is 39.3 Å². The number of hydrogen-bond acceptors (Lipinski definition) is 5. The molecule has 1 unspecified atom stereocenters. The summed E-state index contributed by atoms with van der Waals surface area (Å²) in [6, 6.07) is 2.89. The highest BCUT2D eigenvalue weighted by Gasteiger charge is 2.39. The SMILES string of the molecule is Cn1ncnc1C(=O)N1CCc2[nH]cnc2C1c1cc2c(C(F)(F)F)cccn2n1. The summed E-state index contributed by atoms with van der Waals surface area (Å²) >= 11 is 0. The Bertz CT molecular complexity index is 1250. The highest BCUT2D eigenvalue weighted by molar-refractivity contribution is 5.91. The monoisotopic (exact) mass is 416 g/mol. The molecule has 1 atom stereocenters. The number of nitrogens with one attached hydrogen (secondary N) is 1. The molecular weight excluding hydrogens is 401 g/mol. The number of aryl methyl sites for hydroxylation is 1. The summed E-state index contributed by atoms with van der Waals surface area (Å²) in [5.74, 6) is -0.277. The Hall–Kier alpha value is -3.70. The molecule has 30 heavy (non-hydrogen) atoms. The molecular formula is C18H15F3N8O. The van der Waals surface area contributed by atoms with Crippen molar-refractivity contribution in [1.82, 2.24) is 39.2 Å². The molecule has 12 heteroatoms. The van der Waals surface area contributed by atoms with Crippen molar-refractivity contribution in [2.45, 2.75) is 18.6 Å². The van der Waals surface area contributed by atoms with Crippen molar-refractivity contribution >= 4 is 11.4 Å². The Kier molecular flexibility index (Phi) is 3.91. The molecule has 0 aromatic carbocycles. The fourth-order valence-electron chi connectivity index (χ4n) is 3.82. The highest BCUT2D eigenvalue weighted by atomic mass is 19.4. The summed E-state index contributed by atoms with van der Waals surface area (Å²) in [4.78, 5) is 26.1. The van der Waals surface area contributed by atoms with Crippen LogP contribution in [-0.2, 0) is 19.6 Å². The molecule has 1 amide bonds. The van der Waals surface area contributed by atoms with Crippen molar-refractivity contribution in [1.29, 1.82) is 0 Å². The van der Waals surface area contributed by atoms with Crippen molar-refractivity contribution in [2.24, 2.45) is 7.05 Å². The van der Waals surface area contributed by atoms with Crippen LogP contribution in [-0.4, -0.2) is 51.7 Å². The van der Waals surface area contributed by atoms with E-state index < -0.39 is 23.7 Å². The molecule has 0 bridgehead atoms. The standard InChI is InChI=1S/C18H15F3N8O/c1-27-16(24-9-25-27)17(30)28-6-4-11-14(23-8-22-11)15(28)12-7-13-10(18(19,20)21)3-2-5-29(13)26-12/h2-3,5,7-9,15H,4,6H2,1H3,(H,22,23). The van der Waals surface area contributed by atoms with E-state index in [9.17, 15) is 18.0 Å². The Morgan fingerprint density at radius 2 is 2.13 bits per heavy atom. The predicted octanol–water partition coefficient (Wildman–Crippen LogP) is 1.99. The molecule has 4 aromatic heterocycles. The third-order valence-corrected chi connectivity index (χ3v) is 5.19. The summed E-state index contributed by atoms with van der Waals surface area (Å²) in [6.45, 7) is 0.325. The zero-order valence-corrected chi connectivity index (χ0v) is 15.6. The summed E-state index contributed by atoms with van der Waals surface area (Å²) < 4.78 is 42.9. The Morgan fingerprint density at radius 1 is 1.30 bits per heavy atom. The third kappa shape index (κ3) is 2.75. The first-order valence-corrected chi connectivity index (χ1v) is 9.07. The number of nitrogens with zero attached hydrogens (tertiary/aromatic N) is 7. The summed E-state index contributed by atoms with van der Waals surface area (Å²) in [5.41, 5.74) is 0.765. The van der Waals surface area contributed by atoms with Crippen LogP contribution < -0.4 is 0 Å². The summed E-state index contributed by atoms with van der Waals surface area (Å²) in [5, 5.41) is 8.28. The van der Waals surface area contributed by atoms with Crippen LogP contribution in [0.3, 0.4) is 0 Å². The molecule has 0 aliphatic carbocycles. The average molecular weight is 416 g/mol. The van der Waals surface area contributed by atoms with Crippen LogP contribution in [0.25, 0.3) is 5.52 Å². The Morgan fingerprint density at radius 3 is 2.87 bits per heavy atom. The summed E-state index contributed by atoms with van der Waals surface area (Å²) in [6.07, 6.45) is 0.212. The maximum atomic E-state index is 13.5. The maximum absolute atomic E-state index is 13.5. The molecule has 1 N–H and O–H groups in total. The smallest absolute Gasteiger partial charge is 0.348 e. The van der Waals surface area contributed by atoms with Crippen molar-refractivity contribution in [3.63, 3.8) is 0 Å². The quantitative estimate of drug-likeness (QED) is 0.539. The van der Waals surface area contributed by atoms with Gasteiger partial charge in [0.15, 0.2) is 0 Å². The molecule has 154 valence electrons. The number of rotatable bonds is 2. The minimum atomic E-state index is -4.53. The number of halogens is 3. The lowest BCUT2D eigenvalue weighted by Gasteiger charge is -2.33. The van der Waals surface area contributed by atoms with Crippen LogP contribution in [0, 0.1) is 0 Å². The van der Waals surface area contributed by atoms with Crippen LogP contribution in [0.15, 0.2) is 37.1 Å². The van der Waals surface area contributed by atoms with Gasteiger partial charge < -0.3 is 9.88 Å². The molecule has 0 radical (unpaired) electrons. The van der Waals surface area contributed by atoms with Gasteiger partial charge in [-0.15, -0.1) is 0 Å². The fraction of sp³-hybridized carbons (Fsp3) is 0.278. The molecule has 0 saturated heterocycles. The van der Waals surface area contributed by atoms with Gasteiger partial charge in [-0.1, -0.05) is 0 Å². The van der Waals surface area contributed by atoms with E-state index in [0.29, 0.717) is 18.7 Å². The number of aromatic nitrogens is 7. The van der Waals surface area contributed by atoms with Gasteiger partial charge in [0, 0.05) is 31.9 Å². The minimum absolute atomic E-state index is 0.0892. The number of carbonyl (C=O) groups is 1. The molecule has 4 aromatic rings. The number of pyridine rings is 1. The first-order chi connectivity index (χ1) is 14.3. The lowest BCUT2D eigenvalue weighted by atomic mass is 9.99. The normalized spacial score (nSPS) is 16.8. The van der Waals surface area contributed by atoms with E-state index in [0.717, 1.165) is 11.8 Å². The zero-order valence-electron chi connectivity index (χ0n) is 15.6. The summed E-state index contributed by atoms with van der Waals surface area (Å²) in [7, 11) is 1.60. The van der Waals surface area contributed by atoms with Crippen molar-refractivity contribution in [3.8, 4) is 0 Å². The van der Waals surface area contributed by atoms with Gasteiger partial charge in [-0.05, 0) is 18.2 Å². The Balaban J connectivity index is 1.66. The number of H-pyrrole nitrogens is 1. The Labute approximate surface area is 167 Å². The van der Waals surface area contributed by atoms with Gasteiger partial charge in [-0.25, -0.2) is 19.2 Å². The number of carbonyl (C=O) groups excluding carboxylic acids is 1. The van der Waals surface area contributed by atoms with E-state index in [1.54, 1.807) is 7.05 Å². The molecule has 1 aliphatic rings. The molecule has 9 nitrogen and oxygen atoms in total. The van der Waals surface area contributed by atoms with Gasteiger partial charge >= 0.3 is 6.18 Å². The van der Waals surface area contributed by atoms with E-state index in [-0.39, 0.29) is 17.0 Å². The predicted molar refractivity (Wildman–Crippen MR) is 96.4 cm³/mol. The lowest BCUT2D eigenvalue weighted by Crippen LogP contribution is -2.42. The molecule has 0 spiro atoms. The van der Waals surface area contributed by atoms with E-state index in [1.807, 2.05) is 0 Å². The van der Waals surface area contributed by atoms with Crippen molar-refractivity contribution in [2.75, 3.05) is 6.54 Å². The van der Waals surface area contributed by atoms with Gasteiger partial charge in [0.25, 0.3) is 5.91 Å². The second-order valence-electron chi connectivity index (χ2n) is 6.94. The maximum Gasteiger partial charge on any atom is 0.418 e. The fourth-order valence-corrected chi connectivity index (χ4v) is 3.82. The number of fused-ring (bicyclic) bond motifs is 2. The lowest BCUT2D eigenvalue weighted by molar-refractivity contribution is -0.136. The van der Waals surface area contributed by atoms with Crippen LogP contribution in [0.2, 0.25) is 0 Å². The number of alkyl halides is 3. The zero-order chi connectivity index (χ0) is 21.0. The minimum Gasteiger partial charge on any atom is -0.348 e. The van der Waals surface area contributed by atoms with Crippen LogP contribution in [0.5, 0.6) is 0 Å². The molecule has 0 fully saturated rings. The second-order valence-corrected chi connectivity index (χ2v) is 6.94. The largest absolute Gasteiger partial charge is 0.418 e. The number of aromatic amines is 1. The molecule has 0 saturated carbocycles. The first kappa shape index (κ1) is 18.3. The van der Waals surface area contributed by atoms with Gasteiger partial charge in [0.2, 0.25) is 5.82 Å². The van der Waals surface area contributed by atoms with Crippen molar-refractivity contribution < 1.29 is 18.0 Å². The number of hydrogen-bond donors (Lipinski definition) is 1. The van der Waals surface area contributed by atoms with E-state index in [4.69, 9.17) is 0 Å². The number of amides is 1. The molecule has 5 rings (SSSR count). The topological polar surface area (TPSA) is 97.0 Å². The van der Waals surface area contributed by atoms with Crippen molar-refractivity contribution in [3.05, 3.63) is 65.5 Å². The van der Waals surface area contributed by atoms with E-state index in [1.165, 1.54) is 45.1 Å². The van der Waals surface area contributed by atoms with Crippen LogP contribution >= 0.6 is 0 Å².